The molecular weight excluding hydrogens is 414 g/mol. The molecule has 2 aliphatic heterocycles. The molecule has 0 saturated carbocycles. The summed E-state index contributed by atoms with van der Waals surface area (Å²) in [6, 6.07) is 12.8. The zero-order valence-corrected chi connectivity index (χ0v) is 17.5. The second-order valence-electron chi connectivity index (χ2n) is 8.28. The van der Waals surface area contributed by atoms with Crippen LogP contribution in [0.25, 0.3) is 0 Å². The zero-order valence-electron chi connectivity index (χ0n) is 17.5. The normalized spacial score (nSPS) is 19.2. The van der Waals surface area contributed by atoms with E-state index >= 15 is 0 Å². The fourth-order valence-corrected chi connectivity index (χ4v) is 4.54. The van der Waals surface area contributed by atoms with Gasteiger partial charge in [0.25, 0.3) is 5.56 Å². The molecule has 9 heteroatoms. The van der Waals surface area contributed by atoms with Crippen molar-refractivity contribution < 1.29 is 24.2 Å². The van der Waals surface area contributed by atoms with Crippen molar-refractivity contribution in [2.24, 2.45) is 5.92 Å². The number of piperidine rings is 1. The molecule has 2 bridgehead atoms. The van der Waals surface area contributed by atoms with Gasteiger partial charge in [-0.1, -0.05) is 30.3 Å². The van der Waals surface area contributed by atoms with Crippen molar-refractivity contribution in [3.05, 3.63) is 64.1 Å². The number of ether oxygens (including phenoxy) is 1. The number of aromatic nitrogens is 1. The molecule has 1 fully saturated rings. The monoisotopic (exact) mass is 439 g/mol. The average molecular weight is 439 g/mol. The van der Waals surface area contributed by atoms with Crippen molar-refractivity contribution >= 4 is 23.5 Å². The van der Waals surface area contributed by atoms with Crippen molar-refractivity contribution in [3.63, 3.8) is 0 Å². The van der Waals surface area contributed by atoms with E-state index in [0.717, 1.165) is 17.7 Å². The summed E-state index contributed by atoms with van der Waals surface area (Å²) >= 11 is 0. The average Bonchev–Trinajstić information content (AvgIpc) is 2.76. The molecule has 168 valence electrons. The van der Waals surface area contributed by atoms with Crippen molar-refractivity contribution in [2.75, 3.05) is 31.6 Å². The molecular formula is C23H25N3O6. The Bertz CT molecular complexity index is 1080. The largest absolute Gasteiger partial charge is 0.480 e. The minimum atomic E-state index is -1.12. The number of nitrogens with one attached hydrogen (secondary N) is 1. The van der Waals surface area contributed by atoms with Crippen LogP contribution in [-0.2, 0) is 32.1 Å². The number of anilines is 1. The maximum absolute atomic E-state index is 13.0. The highest BCUT2D eigenvalue weighted by molar-refractivity contribution is 5.92. The maximum atomic E-state index is 13.0. The molecule has 9 nitrogen and oxygen atoms in total. The number of carbonyl (C=O) groups excluding carboxylic acids is 2. The van der Waals surface area contributed by atoms with Gasteiger partial charge in [0.05, 0.1) is 6.42 Å². The number of fused-ring (bicyclic) bond motifs is 4. The number of benzene rings is 1. The van der Waals surface area contributed by atoms with Crippen LogP contribution in [0.4, 0.5) is 5.69 Å². The molecule has 2 aliphatic rings. The third-order valence-corrected chi connectivity index (χ3v) is 5.89. The lowest BCUT2D eigenvalue weighted by atomic mass is 9.83. The fourth-order valence-electron chi connectivity index (χ4n) is 4.54. The number of pyridine rings is 1. The van der Waals surface area contributed by atoms with Crippen molar-refractivity contribution in [2.45, 2.75) is 25.3 Å². The third-order valence-electron chi connectivity index (χ3n) is 5.89. The molecule has 2 aromatic rings. The number of nitrogens with zero attached hydrogens (tertiary/aromatic N) is 2. The molecule has 2 atom stereocenters. The summed E-state index contributed by atoms with van der Waals surface area (Å²) in [6.07, 6.45) is 1.06. The van der Waals surface area contributed by atoms with E-state index in [0.29, 0.717) is 19.6 Å². The Labute approximate surface area is 184 Å². The van der Waals surface area contributed by atoms with E-state index in [4.69, 9.17) is 9.84 Å². The van der Waals surface area contributed by atoms with E-state index in [1.807, 2.05) is 36.4 Å². The molecule has 0 unspecified atom stereocenters. The van der Waals surface area contributed by atoms with Gasteiger partial charge in [-0.15, -0.1) is 0 Å². The van der Waals surface area contributed by atoms with Crippen LogP contribution in [0.2, 0.25) is 0 Å². The molecule has 4 rings (SSSR count). The first-order chi connectivity index (χ1) is 15.4. The Morgan fingerprint density at radius 2 is 1.81 bits per heavy atom. The Morgan fingerprint density at radius 1 is 1.03 bits per heavy atom. The number of aliphatic carboxylic acids is 1. The van der Waals surface area contributed by atoms with Crippen LogP contribution < -0.4 is 10.9 Å². The molecule has 1 saturated heterocycles. The molecule has 0 spiro atoms. The molecule has 2 N–H and O–H groups in total. The SMILES string of the molecule is O=C(O)COCC(=O)N1C[C@@H]2C[C@H](C1)c1ccc(NC(=O)Cc3ccccc3)c(=O)n1C2. The van der Waals surface area contributed by atoms with E-state index in [2.05, 4.69) is 5.32 Å². The van der Waals surface area contributed by atoms with Gasteiger partial charge in [0, 0.05) is 31.2 Å². The van der Waals surface area contributed by atoms with Gasteiger partial charge < -0.3 is 24.6 Å². The minimum Gasteiger partial charge on any atom is -0.480 e. The summed E-state index contributed by atoms with van der Waals surface area (Å²) in [5.74, 6) is -1.50. The van der Waals surface area contributed by atoms with Crippen LogP contribution in [0.3, 0.4) is 0 Å². The van der Waals surface area contributed by atoms with Gasteiger partial charge in [0.2, 0.25) is 11.8 Å². The molecule has 1 aromatic carbocycles. The topological polar surface area (TPSA) is 118 Å². The number of carboxylic acids is 1. The Kier molecular flexibility index (Phi) is 6.36. The second kappa shape index (κ2) is 9.35. The number of rotatable bonds is 7. The number of amides is 2. The lowest BCUT2D eigenvalue weighted by Crippen LogP contribution is -2.50. The van der Waals surface area contributed by atoms with Crippen LogP contribution in [0.1, 0.15) is 23.6 Å². The Balaban J connectivity index is 1.44. The highest BCUT2D eigenvalue weighted by atomic mass is 16.5. The highest BCUT2D eigenvalue weighted by Gasteiger charge is 2.36. The van der Waals surface area contributed by atoms with E-state index in [1.54, 1.807) is 15.5 Å². The first kappa shape index (κ1) is 21.8. The van der Waals surface area contributed by atoms with E-state index in [1.165, 1.54) is 0 Å². The Morgan fingerprint density at radius 3 is 2.56 bits per heavy atom. The zero-order chi connectivity index (χ0) is 22.7. The molecule has 32 heavy (non-hydrogen) atoms. The Hall–Kier alpha value is -3.46. The van der Waals surface area contributed by atoms with Crippen molar-refractivity contribution in [1.29, 1.82) is 0 Å². The first-order valence-electron chi connectivity index (χ1n) is 10.6. The summed E-state index contributed by atoms with van der Waals surface area (Å²) in [7, 11) is 0. The predicted molar refractivity (Wildman–Crippen MR) is 115 cm³/mol. The summed E-state index contributed by atoms with van der Waals surface area (Å²) < 4.78 is 6.64. The first-order valence-corrected chi connectivity index (χ1v) is 10.6. The predicted octanol–water partition coefficient (Wildman–Crippen LogP) is 1.08. The quantitative estimate of drug-likeness (QED) is 0.667. The summed E-state index contributed by atoms with van der Waals surface area (Å²) in [6.45, 7) is 0.619. The van der Waals surface area contributed by atoms with Crippen LogP contribution in [-0.4, -0.2) is 58.7 Å². The molecule has 3 heterocycles. The standard InChI is InChI=1S/C23H25N3O6/c27-20(9-15-4-2-1-3-5-15)24-18-6-7-19-17-8-16(11-26(19)23(18)31)10-25(12-17)21(28)13-32-14-22(29)30/h1-7,16-17H,8-14H2,(H,24,27)(H,29,30)/t16-,17+/m0/s1. The lowest BCUT2D eigenvalue weighted by Gasteiger charge is -2.42. The maximum Gasteiger partial charge on any atom is 0.329 e. The molecule has 0 aliphatic carbocycles. The van der Waals surface area contributed by atoms with Gasteiger partial charge in [0.1, 0.15) is 18.9 Å². The fraction of sp³-hybridized carbons (Fsp3) is 0.391. The number of hydrogen-bond donors (Lipinski definition) is 2. The summed E-state index contributed by atoms with van der Waals surface area (Å²) in [5, 5.41) is 11.4. The van der Waals surface area contributed by atoms with E-state index in [-0.39, 0.29) is 47.9 Å². The highest BCUT2D eigenvalue weighted by Crippen LogP contribution is 2.35. The second-order valence-corrected chi connectivity index (χ2v) is 8.28. The van der Waals surface area contributed by atoms with Gasteiger partial charge >= 0.3 is 5.97 Å². The minimum absolute atomic E-state index is 0.00712. The third kappa shape index (κ3) is 4.88. The van der Waals surface area contributed by atoms with Crippen LogP contribution in [0.5, 0.6) is 0 Å². The van der Waals surface area contributed by atoms with Crippen LogP contribution >= 0.6 is 0 Å². The van der Waals surface area contributed by atoms with Crippen LogP contribution in [0.15, 0.2) is 47.3 Å². The van der Waals surface area contributed by atoms with Gasteiger partial charge in [-0.05, 0) is 30.0 Å². The number of hydrogen-bond acceptors (Lipinski definition) is 5. The van der Waals surface area contributed by atoms with Crippen LogP contribution in [0, 0.1) is 5.92 Å². The van der Waals surface area contributed by atoms with Gasteiger partial charge in [-0.2, -0.15) is 0 Å². The lowest BCUT2D eigenvalue weighted by molar-refractivity contribution is -0.146. The smallest absolute Gasteiger partial charge is 0.329 e. The number of carbonyl (C=O) groups is 3. The van der Waals surface area contributed by atoms with E-state index in [9.17, 15) is 19.2 Å². The number of likely N-dealkylation sites (tertiary alicyclic amines) is 1. The van der Waals surface area contributed by atoms with Gasteiger partial charge in [-0.3, -0.25) is 14.4 Å². The van der Waals surface area contributed by atoms with Crippen molar-refractivity contribution in [3.8, 4) is 0 Å². The van der Waals surface area contributed by atoms with Gasteiger partial charge in [0.15, 0.2) is 0 Å². The van der Waals surface area contributed by atoms with Crippen molar-refractivity contribution in [1.82, 2.24) is 9.47 Å². The number of carboxylic acid groups (broad SMARTS) is 1. The summed E-state index contributed by atoms with van der Waals surface area (Å²) in [5.41, 5.74) is 1.73. The molecule has 1 aromatic heterocycles. The van der Waals surface area contributed by atoms with E-state index < -0.39 is 12.6 Å². The molecule has 2 amide bonds. The van der Waals surface area contributed by atoms with Gasteiger partial charge in [-0.25, -0.2) is 4.79 Å². The summed E-state index contributed by atoms with van der Waals surface area (Å²) in [4.78, 5) is 50.1. The molecule has 0 radical (unpaired) electrons.